The van der Waals surface area contributed by atoms with Crippen molar-refractivity contribution in [2.75, 3.05) is 19.7 Å². The maximum Gasteiger partial charge on any atom is 0.312 e. The average Bonchev–Trinajstić information content (AvgIpc) is 1.69. The Bertz CT molecular complexity index is 4570. The van der Waals surface area contributed by atoms with E-state index in [-0.39, 0.29) is 82.4 Å². The van der Waals surface area contributed by atoms with E-state index in [0.717, 1.165) is 10.8 Å². The van der Waals surface area contributed by atoms with Crippen LogP contribution in [0.4, 0.5) is 4.79 Å². The van der Waals surface area contributed by atoms with Gasteiger partial charge in [-0.3, -0.25) is 57.7 Å². The highest BCUT2D eigenvalue weighted by Gasteiger charge is 2.41. The number of primary amides is 2. The molecule has 1 aliphatic heterocycles. The third-order valence-electron chi connectivity index (χ3n) is 18.5. The molecule has 6 aromatic carbocycles. The molecule has 18 N–H and O–H groups in total. The van der Waals surface area contributed by atoms with E-state index in [9.17, 15) is 58.5 Å². The summed E-state index contributed by atoms with van der Waals surface area (Å²) in [6.45, 7) is 1.50. The Balaban J connectivity index is 0.977. The lowest BCUT2D eigenvalue weighted by Gasteiger charge is -2.31. The Morgan fingerprint density at radius 1 is 0.532 bits per heavy atom. The first kappa shape index (κ1) is 80.7. The maximum absolute atomic E-state index is 15.2. The van der Waals surface area contributed by atoms with Crippen LogP contribution in [0.25, 0.3) is 21.7 Å². The predicted octanol–water partition coefficient (Wildman–Crippen LogP) is 1.86. The number of aliphatic hydroxyl groups is 1. The van der Waals surface area contributed by atoms with Gasteiger partial charge in [-0.2, -0.15) is 0 Å². The van der Waals surface area contributed by atoms with Crippen molar-refractivity contribution in [2.45, 2.75) is 138 Å². The molecule has 30 nitrogen and oxygen atoms in total. The number of aromatic nitrogens is 2. The topological polar surface area (TPSA) is 470 Å². The second-order valence-corrected chi connectivity index (χ2v) is 27.1. The van der Waals surface area contributed by atoms with E-state index in [1.54, 1.807) is 66.9 Å². The van der Waals surface area contributed by atoms with Gasteiger partial charge in [0.25, 0.3) is 0 Å². The Morgan fingerprint density at radius 2 is 1.01 bits per heavy atom. The van der Waals surface area contributed by atoms with Gasteiger partial charge in [-0.1, -0.05) is 115 Å². The van der Waals surface area contributed by atoms with E-state index in [1.165, 1.54) is 79.7 Å². The van der Waals surface area contributed by atoms with Gasteiger partial charge < -0.3 is 89.8 Å². The fourth-order valence-electron chi connectivity index (χ4n) is 12.7. The van der Waals surface area contributed by atoms with Crippen molar-refractivity contribution in [1.82, 2.24) is 68.0 Å². The normalized spacial score (nSPS) is 15.0. The van der Waals surface area contributed by atoms with E-state index >= 15 is 14.4 Å². The lowest BCUT2D eigenvalue weighted by molar-refractivity contribution is -0.142. The molecule has 1 aliphatic rings. The zero-order chi connectivity index (χ0) is 78.3. The molecular formula is C78H88ClN15O15. The van der Waals surface area contributed by atoms with Gasteiger partial charge in [0.15, 0.2) is 0 Å². The number of aromatic amines is 1. The largest absolute Gasteiger partial charge is 0.508 e. The van der Waals surface area contributed by atoms with E-state index in [0.29, 0.717) is 55.7 Å². The molecule has 0 unspecified atom stereocenters. The Kier molecular flexibility index (Phi) is 28.6. The van der Waals surface area contributed by atoms with Gasteiger partial charge in [0, 0.05) is 93.1 Å². The van der Waals surface area contributed by atoms with Crippen LogP contribution in [0, 0.1) is 0 Å². The van der Waals surface area contributed by atoms with E-state index < -0.39 is 138 Å². The summed E-state index contributed by atoms with van der Waals surface area (Å²) in [6, 6.07) is 25.8. The van der Waals surface area contributed by atoms with Crippen LogP contribution in [0.3, 0.4) is 0 Å². The second-order valence-electron chi connectivity index (χ2n) is 26.7. The molecule has 0 bridgehead atoms. The number of halogens is 1. The number of phenols is 2. The molecule has 9 rings (SSSR count). The molecule has 0 spiro atoms. The summed E-state index contributed by atoms with van der Waals surface area (Å²) in [7, 11) is 0. The van der Waals surface area contributed by atoms with Crippen LogP contribution in [0.5, 0.6) is 11.5 Å². The first-order valence-electron chi connectivity index (χ1n) is 35.4. The number of nitrogens with zero attached hydrogens (tertiary/aromatic N) is 2. The van der Waals surface area contributed by atoms with E-state index in [4.69, 9.17) is 23.1 Å². The fraction of sp³-hybridized carbons (Fsp3) is 0.321. The lowest BCUT2D eigenvalue weighted by Crippen LogP contribution is -2.62. The van der Waals surface area contributed by atoms with Crippen molar-refractivity contribution in [1.29, 1.82) is 0 Å². The first-order valence-corrected chi connectivity index (χ1v) is 35.8. The lowest BCUT2D eigenvalue weighted by atomic mass is 9.99. The number of likely N-dealkylation sites (tertiary alicyclic amines) is 1. The zero-order valence-corrected chi connectivity index (χ0v) is 60.6. The molecule has 8 aromatic rings. The number of para-hydroxylation sites is 1. The minimum atomic E-state index is -1.87. The van der Waals surface area contributed by atoms with Crippen LogP contribution in [0.1, 0.15) is 72.9 Å². The predicted molar refractivity (Wildman–Crippen MR) is 403 cm³/mol. The minimum absolute atomic E-state index is 0.0194. The maximum atomic E-state index is 15.2. The Labute approximate surface area is 632 Å². The molecule has 572 valence electrons. The van der Waals surface area contributed by atoms with Gasteiger partial charge in [0.2, 0.25) is 65.0 Å². The highest BCUT2D eigenvalue weighted by molar-refractivity contribution is 6.30. The summed E-state index contributed by atoms with van der Waals surface area (Å²) >= 11 is 6.25. The standard InChI is InChI=1S/C78H88ClN15O15/c1-44(68(80)99)85-76(107)67-16-9-33-94(67)77(108)65(37-48-22-29-56(98)30-23-48)92-74(105)64(40-53-42-84-58-14-6-5-13-57(53)58)91-69(100)59(15-8-32-83-78(81)109)87-71(102)61(36-47-20-27-55(97)28-21-47)90-75(106)66(43-95)93-73(104)63(39-50-10-7-31-82-41-50)89-72(103)62(35-46-18-25-54(79)26-19-46)88-70(101)60(86-45(2)96)38-49-17-24-51-11-3-4-12-52(51)34-49/h3-7,10-14,17-31,34,41-42,44,59-67,84,95,97-98H,8-9,15-16,32-33,35-40,43H2,1-2H3,(H2,80,99)(H,85,107)(H,86,96)(H,87,102)(H,88,101)(H,89,103)(H,90,106)(H,91,100)(H,92,105)(H,93,104)(H3,81,83,109)/t44-,59-,60-,61+,62-,63-,64+,65+,66+,67+/m1/s1. The van der Waals surface area contributed by atoms with Crippen molar-refractivity contribution in [2.24, 2.45) is 11.5 Å². The number of urea groups is 1. The number of nitrogens with two attached hydrogens (primary N) is 2. The zero-order valence-electron chi connectivity index (χ0n) is 59.8. The van der Waals surface area contributed by atoms with Crippen LogP contribution >= 0.6 is 11.6 Å². The summed E-state index contributed by atoms with van der Waals surface area (Å²) in [6.07, 6.45) is 3.63. The molecule has 0 saturated carbocycles. The van der Waals surface area contributed by atoms with Crippen molar-refractivity contribution < 1.29 is 72.9 Å². The SMILES string of the molecule is CC(=O)N[C@H](Cc1ccc2ccccc2c1)C(=O)N[C@H](Cc1ccc(Cl)cc1)C(=O)N[C@H](Cc1cccnc1)C(=O)N[C@@H](CO)C(=O)N[C@@H](Cc1ccc(O)cc1)C(=O)N[C@H](CCCNC(N)=O)C(=O)N[C@@H](Cc1c[nH]c2ccccc12)C(=O)N[C@@H](Cc1ccc(O)cc1)C(=O)N1CCC[C@H]1C(=O)N[C@H](C)C(N)=O. The molecule has 3 heterocycles. The van der Waals surface area contributed by atoms with Gasteiger partial charge in [-0.15, -0.1) is 0 Å². The van der Waals surface area contributed by atoms with Gasteiger partial charge in [-0.25, -0.2) is 4.79 Å². The van der Waals surface area contributed by atoms with Gasteiger partial charge >= 0.3 is 6.03 Å². The third kappa shape index (κ3) is 23.5. The number of H-pyrrole nitrogens is 1. The fourth-order valence-corrected chi connectivity index (χ4v) is 12.9. The Hall–Kier alpha value is -12.4. The van der Waals surface area contributed by atoms with Gasteiger partial charge in [0.05, 0.1) is 6.61 Å². The van der Waals surface area contributed by atoms with Gasteiger partial charge in [-0.05, 0) is 125 Å². The number of carbonyl (C=O) groups excluding carboxylic acids is 12. The average molecular weight is 1510 g/mol. The number of rotatable bonds is 36. The van der Waals surface area contributed by atoms with Crippen molar-refractivity contribution in [3.05, 3.63) is 209 Å². The number of aromatic hydroxyl groups is 2. The summed E-state index contributed by atoms with van der Waals surface area (Å²) in [5, 5.41) is 60.8. The van der Waals surface area contributed by atoms with Gasteiger partial charge in [0.1, 0.15) is 71.9 Å². The number of amides is 13. The summed E-state index contributed by atoms with van der Waals surface area (Å²) in [5.41, 5.74) is 14.5. The number of benzene rings is 6. The summed E-state index contributed by atoms with van der Waals surface area (Å²) < 4.78 is 0. The first-order chi connectivity index (χ1) is 52.3. The molecule has 31 heteroatoms. The summed E-state index contributed by atoms with van der Waals surface area (Å²) in [5.74, 6) is -9.66. The highest BCUT2D eigenvalue weighted by Crippen LogP contribution is 2.25. The van der Waals surface area contributed by atoms with Crippen LogP contribution in [0.15, 0.2) is 170 Å². The van der Waals surface area contributed by atoms with Crippen LogP contribution in [0.2, 0.25) is 5.02 Å². The number of nitrogens with one attached hydrogen (secondary N) is 11. The van der Waals surface area contributed by atoms with Crippen molar-refractivity contribution in [3.8, 4) is 11.5 Å². The quantitative estimate of drug-likeness (QED) is 0.0249. The molecule has 2 aromatic heterocycles. The molecule has 10 atom stereocenters. The second kappa shape index (κ2) is 38.7. The van der Waals surface area contributed by atoms with Crippen LogP contribution in [-0.4, -0.2) is 181 Å². The number of pyridine rings is 1. The molecule has 13 amide bonds. The molecule has 0 radical (unpaired) electrons. The molecule has 109 heavy (non-hydrogen) atoms. The van der Waals surface area contributed by atoms with E-state index in [2.05, 4.69) is 63.1 Å². The smallest absolute Gasteiger partial charge is 0.312 e. The van der Waals surface area contributed by atoms with E-state index in [1.807, 2.05) is 42.5 Å². The highest BCUT2D eigenvalue weighted by atomic mass is 35.5. The number of carbonyl (C=O) groups is 12. The van der Waals surface area contributed by atoms with Crippen molar-refractivity contribution in [3.63, 3.8) is 0 Å². The Morgan fingerprint density at radius 3 is 1.57 bits per heavy atom. The summed E-state index contributed by atoms with van der Waals surface area (Å²) in [4.78, 5) is 178. The number of hydrogen-bond acceptors (Lipinski definition) is 16. The van der Waals surface area contributed by atoms with Crippen LogP contribution in [-0.2, 0) is 91.3 Å². The monoisotopic (exact) mass is 1510 g/mol. The molecular weight excluding hydrogens is 1420 g/mol. The number of fused-ring (bicyclic) bond motifs is 2. The molecule has 0 aliphatic carbocycles. The number of aliphatic hydroxyl groups excluding tert-OH is 1. The molecule has 1 saturated heterocycles. The third-order valence-corrected chi connectivity index (χ3v) is 18.8. The molecule has 1 fully saturated rings. The van der Waals surface area contributed by atoms with Crippen LogP contribution < -0.4 is 64.6 Å². The number of phenolic OH excluding ortho intramolecular Hbond substituents is 2. The van der Waals surface area contributed by atoms with Crippen molar-refractivity contribution >= 4 is 104 Å². The number of hydrogen-bond donors (Lipinski definition) is 16. The minimum Gasteiger partial charge on any atom is -0.508 e.